The van der Waals surface area contributed by atoms with Gasteiger partial charge in [-0.2, -0.15) is 0 Å². The van der Waals surface area contributed by atoms with Gasteiger partial charge in [-0.1, -0.05) is 39.0 Å². The summed E-state index contributed by atoms with van der Waals surface area (Å²) in [5.74, 6) is 0.152. The van der Waals surface area contributed by atoms with Crippen LogP contribution in [0, 0.1) is 0 Å². The van der Waals surface area contributed by atoms with Gasteiger partial charge in [-0.05, 0) is 31.4 Å². The lowest BCUT2D eigenvalue weighted by atomic mass is 10.2. The molecule has 0 spiro atoms. The third kappa shape index (κ3) is 7.62. The van der Waals surface area contributed by atoms with Gasteiger partial charge in [-0.25, -0.2) is 0 Å². The molecule has 1 amide bonds. The van der Waals surface area contributed by atoms with Crippen LogP contribution in [0.4, 0.5) is 0 Å². The van der Waals surface area contributed by atoms with Crippen molar-refractivity contribution in [3.05, 3.63) is 35.9 Å². The Morgan fingerprint density at radius 1 is 1.00 bits per heavy atom. The maximum atomic E-state index is 12.1. The Morgan fingerprint density at radius 3 is 1.84 bits per heavy atom. The maximum absolute atomic E-state index is 12.1. The van der Waals surface area contributed by atoms with Gasteiger partial charge in [-0.3, -0.25) is 4.79 Å². The van der Waals surface area contributed by atoms with Crippen LogP contribution in [-0.2, 0) is 0 Å². The van der Waals surface area contributed by atoms with Gasteiger partial charge < -0.3 is 10.0 Å². The molecule has 1 aromatic rings. The number of carbonyl (C=O) groups is 1. The van der Waals surface area contributed by atoms with Gasteiger partial charge in [0.15, 0.2) is 0 Å². The first-order valence-corrected chi connectivity index (χ1v) is 7.16. The van der Waals surface area contributed by atoms with E-state index in [4.69, 9.17) is 5.11 Å². The third-order valence-electron chi connectivity index (χ3n) is 2.52. The molecule has 1 rings (SSSR count). The summed E-state index contributed by atoms with van der Waals surface area (Å²) >= 11 is 0. The molecular formula is C16H27NO2. The second-order valence-corrected chi connectivity index (χ2v) is 4.38. The molecule has 0 aliphatic carbocycles. The molecule has 19 heavy (non-hydrogen) atoms. The Morgan fingerprint density at radius 2 is 1.47 bits per heavy atom. The molecule has 1 aromatic carbocycles. The molecule has 0 heterocycles. The van der Waals surface area contributed by atoms with Crippen molar-refractivity contribution in [1.29, 1.82) is 0 Å². The molecule has 0 unspecified atom stereocenters. The minimum absolute atomic E-state index is 0.152. The fourth-order valence-electron chi connectivity index (χ4n) is 1.62. The van der Waals surface area contributed by atoms with Crippen LogP contribution >= 0.6 is 0 Å². The zero-order chi connectivity index (χ0) is 14.5. The summed E-state index contributed by atoms with van der Waals surface area (Å²) in [7, 11) is 0. The molecule has 0 fully saturated rings. The Balaban J connectivity index is 0.000000711. The van der Waals surface area contributed by atoms with Gasteiger partial charge in [-0.15, -0.1) is 0 Å². The molecule has 0 radical (unpaired) electrons. The summed E-state index contributed by atoms with van der Waals surface area (Å²) in [5.41, 5.74) is 0.791. The Bertz CT molecular complexity index is 317. The summed E-state index contributed by atoms with van der Waals surface area (Å²) in [6.45, 7) is 8.14. The minimum Gasteiger partial charge on any atom is -0.396 e. The lowest BCUT2D eigenvalue weighted by Crippen LogP contribution is -2.32. The minimum atomic E-state index is 0.152. The molecule has 1 N–H and O–H groups in total. The van der Waals surface area contributed by atoms with Crippen molar-refractivity contribution < 1.29 is 9.90 Å². The van der Waals surface area contributed by atoms with Gasteiger partial charge in [0.1, 0.15) is 0 Å². The number of hydrogen-bond acceptors (Lipinski definition) is 2. The molecule has 0 bridgehead atoms. The molecule has 0 saturated carbocycles. The lowest BCUT2D eigenvalue weighted by Gasteiger charge is -2.21. The van der Waals surface area contributed by atoms with Crippen molar-refractivity contribution in [1.82, 2.24) is 4.90 Å². The summed E-state index contributed by atoms with van der Waals surface area (Å²) in [5, 5.41) is 7.88. The normalized spacial score (nSPS) is 9.47. The second-order valence-electron chi connectivity index (χ2n) is 4.38. The number of rotatable bonds is 6. The van der Waals surface area contributed by atoms with E-state index in [1.54, 1.807) is 0 Å². The van der Waals surface area contributed by atoms with Gasteiger partial charge in [0.05, 0.1) is 0 Å². The summed E-state index contributed by atoms with van der Waals surface area (Å²) in [6, 6.07) is 9.49. The molecule has 108 valence electrons. The van der Waals surface area contributed by atoms with E-state index >= 15 is 0 Å². The summed E-state index contributed by atoms with van der Waals surface area (Å²) in [4.78, 5) is 14.0. The van der Waals surface area contributed by atoms with Crippen molar-refractivity contribution in [3.63, 3.8) is 0 Å². The zero-order valence-corrected chi connectivity index (χ0v) is 12.4. The molecular weight excluding hydrogens is 238 g/mol. The molecule has 0 aliphatic rings. The van der Waals surface area contributed by atoms with E-state index < -0.39 is 0 Å². The fraction of sp³-hybridized carbons (Fsp3) is 0.562. The molecule has 3 nitrogen and oxygen atoms in total. The molecule has 3 heteroatoms. The van der Waals surface area contributed by atoms with E-state index in [1.165, 1.54) is 0 Å². The van der Waals surface area contributed by atoms with Crippen molar-refractivity contribution in [2.75, 3.05) is 19.7 Å². The van der Waals surface area contributed by atoms with E-state index in [2.05, 4.69) is 13.8 Å². The second kappa shape index (κ2) is 11.7. The lowest BCUT2D eigenvalue weighted by molar-refractivity contribution is 0.0755. The predicted molar refractivity (Wildman–Crippen MR) is 80.3 cm³/mol. The van der Waals surface area contributed by atoms with E-state index in [0.29, 0.717) is 6.61 Å². The Kier molecular flexibility index (Phi) is 10.9. The Labute approximate surface area is 117 Å². The average Bonchev–Trinajstić information content (AvgIpc) is 2.47. The number of carbonyl (C=O) groups excluding carboxylic acids is 1. The topological polar surface area (TPSA) is 40.5 Å². The van der Waals surface area contributed by atoms with Crippen LogP contribution < -0.4 is 0 Å². The van der Waals surface area contributed by atoms with Crippen molar-refractivity contribution >= 4 is 5.91 Å². The van der Waals surface area contributed by atoms with E-state index in [-0.39, 0.29) is 5.91 Å². The number of amides is 1. The van der Waals surface area contributed by atoms with Crippen LogP contribution in [0.15, 0.2) is 30.3 Å². The average molecular weight is 265 g/mol. The first-order valence-electron chi connectivity index (χ1n) is 7.16. The van der Waals surface area contributed by atoms with Crippen LogP contribution in [0.25, 0.3) is 0 Å². The summed E-state index contributed by atoms with van der Waals surface area (Å²) < 4.78 is 0. The SMILES string of the molecule is CCCN(CCC)C(=O)c1ccccc1.CCCO. The van der Waals surface area contributed by atoms with Gasteiger partial charge in [0, 0.05) is 25.3 Å². The van der Waals surface area contributed by atoms with E-state index in [1.807, 2.05) is 42.2 Å². The fourth-order valence-corrected chi connectivity index (χ4v) is 1.62. The molecule has 0 atom stereocenters. The largest absolute Gasteiger partial charge is 0.396 e. The Hall–Kier alpha value is -1.35. The van der Waals surface area contributed by atoms with E-state index in [0.717, 1.165) is 37.9 Å². The molecule has 0 aliphatic heterocycles. The number of hydrogen-bond donors (Lipinski definition) is 1. The monoisotopic (exact) mass is 265 g/mol. The smallest absolute Gasteiger partial charge is 0.253 e. The van der Waals surface area contributed by atoms with Crippen LogP contribution in [0.1, 0.15) is 50.4 Å². The van der Waals surface area contributed by atoms with Crippen LogP contribution in [0.5, 0.6) is 0 Å². The van der Waals surface area contributed by atoms with Gasteiger partial charge in [0.2, 0.25) is 0 Å². The highest BCUT2D eigenvalue weighted by Crippen LogP contribution is 2.05. The van der Waals surface area contributed by atoms with Crippen molar-refractivity contribution in [2.45, 2.75) is 40.0 Å². The molecule has 0 aromatic heterocycles. The third-order valence-corrected chi connectivity index (χ3v) is 2.52. The maximum Gasteiger partial charge on any atom is 0.253 e. The van der Waals surface area contributed by atoms with Gasteiger partial charge >= 0.3 is 0 Å². The number of benzene rings is 1. The van der Waals surface area contributed by atoms with Crippen LogP contribution in [0.3, 0.4) is 0 Å². The summed E-state index contributed by atoms with van der Waals surface area (Å²) in [6.07, 6.45) is 2.90. The number of nitrogens with zero attached hydrogens (tertiary/aromatic N) is 1. The number of aliphatic hydroxyl groups excluding tert-OH is 1. The standard InChI is InChI=1S/C13H19NO.C3H8O/c1-3-10-14(11-4-2)13(15)12-8-6-5-7-9-12;1-2-3-4/h5-9H,3-4,10-11H2,1-2H3;4H,2-3H2,1H3. The van der Waals surface area contributed by atoms with Gasteiger partial charge in [0.25, 0.3) is 5.91 Å². The van der Waals surface area contributed by atoms with E-state index in [9.17, 15) is 4.79 Å². The molecule has 0 saturated heterocycles. The van der Waals surface area contributed by atoms with Crippen molar-refractivity contribution in [2.24, 2.45) is 0 Å². The first kappa shape index (κ1) is 17.6. The predicted octanol–water partition coefficient (Wildman–Crippen LogP) is 3.34. The number of aliphatic hydroxyl groups is 1. The highest BCUT2D eigenvalue weighted by Gasteiger charge is 2.12. The quantitative estimate of drug-likeness (QED) is 0.857. The van der Waals surface area contributed by atoms with Crippen molar-refractivity contribution in [3.8, 4) is 0 Å². The highest BCUT2D eigenvalue weighted by atomic mass is 16.2. The first-order chi connectivity index (χ1) is 9.21. The van der Waals surface area contributed by atoms with Crippen LogP contribution in [0.2, 0.25) is 0 Å². The van der Waals surface area contributed by atoms with Crippen LogP contribution in [-0.4, -0.2) is 35.6 Å². The highest BCUT2D eigenvalue weighted by molar-refractivity contribution is 5.94. The zero-order valence-electron chi connectivity index (χ0n) is 12.4.